The first kappa shape index (κ1) is 14.0. The predicted molar refractivity (Wildman–Crippen MR) is 73.8 cm³/mol. The molecular weight excluding hydrogens is 248 g/mol. The third-order valence-corrected chi connectivity index (χ3v) is 5.72. The summed E-state index contributed by atoms with van der Waals surface area (Å²) < 4.78 is 12.3. The number of carbonyl (C=O) groups is 1. The number of amides is 1. The molecular formula is C13H24N2O2S. The molecule has 2 saturated carbocycles. The first-order valence-corrected chi connectivity index (χ1v) is 8.32. The van der Waals surface area contributed by atoms with Gasteiger partial charge in [0.2, 0.25) is 5.91 Å². The Morgan fingerprint density at radius 3 is 2.61 bits per heavy atom. The fourth-order valence-electron chi connectivity index (χ4n) is 2.68. The minimum Gasteiger partial charge on any atom is -0.353 e. The van der Waals surface area contributed by atoms with E-state index in [1.807, 2.05) is 7.05 Å². The zero-order chi connectivity index (χ0) is 13.1. The lowest BCUT2D eigenvalue weighted by molar-refractivity contribution is -0.118. The second-order valence-electron chi connectivity index (χ2n) is 5.72. The molecule has 0 aromatic carbocycles. The lowest BCUT2D eigenvalue weighted by Crippen LogP contribution is -2.46. The molecule has 0 aliphatic heterocycles. The summed E-state index contributed by atoms with van der Waals surface area (Å²) in [6.07, 6.45) is 5.39. The summed E-state index contributed by atoms with van der Waals surface area (Å²) in [5.41, 5.74) is 0. The van der Waals surface area contributed by atoms with Crippen LogP contribution in [0.5, 0.6) is 0 Å². The van der Waals surface area contributed by atoms with Crippen molar-refractivity contribution in [2.75, 3.05) is 12.8 Å². The fraction of sp³-hybridized carbons (Fsp3) is 0.923. The van der Waals surface area contributed by atoms with E-state index in [-0.39, 0.29) is 16.9 Å². The molecule has 0 heterocycles. The average Bonchev–Trinajstić information content (AvgIpc) is 3.12. The van der Waals surface area contributed by atoms with E-state index in [0.717, 1.165) is 25.7 Å². The van der Waals surface area contributed by atoms with E-state index in [0.29, 0.717) is 18.0 Å². The molecule has 0 saturated heterocycles. The highest BCUT2D eigenvalue weighted by Crippen LogP contribution is 2.27. The predicted octanol–water partition coefficient (Wildman–Crippen LogP) is 0.790. The van der Waals surface area contributed by atoms with Crippen molar-refractivity contribution in [3.05, 3.63) is 0 Å². The lowest BCUT2D eigenvalue weighted by atomic mass is 9.87. The third-order valence-electron chi connectivity index (χ3n) is 3.98. The number of nitrogens with one attached hydrogen (secondary N) is 2. The molecule has 1 amide bonds. The molecule has 2 aliphatic rings. The summed E-state index contributed by atoms with van der Waals surface area (Å²) >= 11 is 0. The second kappa shape index (κ2) is 6.15. The van der Waals surface area contributed by atoms with Crippen molar-refractivity contribution in [2.45, 2.75) is 56.4 Å². The molecule has 0 bridgehead atoms. The molecule has 5 heteroatoms. The SMILES string of the molecule is CNC1CCC(C)CC1S(=O)CC(=O)NC1CC1. The van der Waals surface area contributed by atoms with E-state index in [2.05, 4.69) is 17.6 Å². The molecule has 0 radical (unpaired) electrons. The highest BCUT2D eigenvalue weighted by molar-refractivity contribution is 7.86. The first-order chi connectivity index (χ1) is 8.60. The summed E-state index contributed by atoms with van der Waals surface area (Å²) in [7, 11) is 0.875. The van der Waals surface area contributed by atoms with Crippen molar-refractivity contribution >= 4 is 16.7 Å². The number of rotatable bonds is 5. The zero-order valence-corrected chi connectivity index (χ0v) is 12.1. The summed E-state index contributed by atoms with van der Waals surface area (Å²) in [5.74, 6) is 0.755. The summed E-state index contributed by atoms with van der Waals surface area (Å²) in [6.45, 7) is 2.21. The van der Waals surface area contributed by atoms with Crippen molar-refractivity contribution in [1.82, 2.24) is 10.6 Å². The molecule has 2 fully saturated rings. The molecule has 4 nitrogen and oxygen atoms in total. The van der Waals surface area contributed by atoms with Gasteiger partial charge >= 0.3 is 0 Å². The van der Waals surface area contributed by atoms with Crippen LogP contribution in [0.4, 0.5) is 0 Å². The average molecular weight is 272 g/mol. The van der Waals surface area contributed by atoms with Crippen molar-refractivity contribution in [3.63, 3.8) is 0 Å². The van der Waals surface area contributed by atoms with Gasteiger partial charge in [0.1, 0.15) is 5.75 Å². The molecule has 0 aromatic rings. The third kappa shape index (κ3) is 3.79. The maximum atomic E-state index is 12.3. The van der Waals surface area contributed by atoms with E-state index in [4.69, 9.17) is 0 Å². The van der Waals surface area contributed by atoms with Gasteiger partial charge < -0.3 is 10.6 Å². The van der Waals surface area contributed by atoms with E-state index in [1.165, 1.54) is 6.42 Å². The number of carbonyl (C=O) groups excluding carboxylic acids is 1. The van der Waals surface area contributed by atoms with Crippen LogP contribution in [-0.4, -0.2) is 40.3 Å². The normalized spacial score (nSPS) is 34.0. The van der Waals surface area contributed by atoms with Crippen LogP contribution in [0.2, 0.25) is 0 Å². The Bertz CT molecular complexity index is 331. The van der Waals surface area contributed by atoms with Gasteiger partial charge in [-0.15, -0.1) is 0 Å². The van der Waals surface area contributed by atoms with Crippen LogP contribution in [0, 0.1) is 5.92 Å². The van der Waals surface area contributed by atoms with Gasteiger partial charge in [0.05, 0.1) is 5.25 Å². The summed E-state index contributed by atoms with van der Waals surface area (Å²) in [5, 5.41) is 6.30. The lowest BCUT2D eigenvalue weighted by Gasteiger charge is -2.33. The van der Waals surface area contributed by atoms with E-state index in [9.17, 15) is 9.00 Å². The highest BCUT2D eigenvalue weighted by atomic mass is 32.2. The van der Waals surface area contributed by atoms with Crippen LogP contribution in [-0.2, 0) is 15.6 Å². The molecule has 2 N–H and O–H groups in total. The van der Waals surface area contributed by atoms with Crippen LogP contribution < -0.4 is 10.6 Å². The number of hydrogen-bond donors (Lipinski definition) is 2. The fourth-order valence-corrected chi connectivity index (χ4v) is 4.42. The molecule has 4 atom stereocenters. The minimum absolute atomic E-state index is 0.0380. The Kier molecular flexibility index (Phi) is 4.78. The Morgan fingerprint density at radius 1 is 1.28 bits per heavy atom. The van der Waals surface area contributed by atoms with Gasteiger partial charge in [0, 0.05) is 22.9 Å². The summed E-state index contributed by atoms with van der Waals surface area (Å²) in [4.78, 5) is 11.7. The molecule has 0 aromatic heterocycles. The van der Waals surface area contributed by atoms with E-state index in [1.54, 1.807) is 0 Å². The van der Waals surface area contributed by atoms with E-state index < -0.39 is 10.8 Å². The van der Waals surface area contributed by atoms with Crippen LogP contribution in [0.25, 0.3) is 0 Å². The molecule has 18 heavy (non-hydrogen) atoms. The molecule has 104 valence electrons. The Hall–Kier alpha value is -0.420. The van der Waals surface area contributed by atoms with Crippen LogP contribution >= 0.6 is 0 Å². The number of hydrogen-bond acceptors (Lipinski definition) is 3. The van der Waals surface area contributed by atoms with Crippen molar-refractivity contribution in [3.8, 4) is 0 Å². The minimum atomic E-state index is -1.05. The maximum absolute atomic E-state index is 12.3. The van der Waals surface area contributed by atoms with Gasteiger partial charge in [-0.3, -0.25) is 9.00 Å². The second-order valence-corrected chi connectivity index (χ2v) is 7.37. The van der Waals surface area contributed by atoms with Gasteiger partial charge in [-0.25, -0.2) is 0 Å². The van der Waals surface area contributed by atoms with Gasteiger partial charge in [-0.2, -0.15) is 0 Å². The van der Waals surface area contributed by atoms with E-state index >= 15 is 0 Å². The van der Waals surface area contributed by atoms with Crippen molar-refractivity contribution in [2.24, 2.45) is 5.92 Å². The highest BCUT2D eigenvalue weighted by Gasteiger charge is 2.33. The molecule has 0 spiro atoms. The molecule has 2 rings (SSSR count). The van der Waals surface area contributed by atoms with Crippen molar-refractivity contribution < 1.29 is 9.00 Å². The van der Waals surface area contributed by atoms with Gasteiger partial charge in [-0.1, -0.05) is 6.92 Å². The monoisotopic (exact) mass is 272 g/mol. The van der Waals surface area contributed by atoms with Crippen LogP contribution in [0.15, 0.2) is 0 Å². The maximum Gasteiger partial charge on any atom is 0.232 e. The topological polar surface area (TPSA) is 58.2 Å². The molecule has 4 unspecified atom stereocenters. The largest absolute Gasteiger partial charge is 0.353 e. The van der Waals surface area contributed by atoms with Gasteiger partial charge in [0.25, 0.3) is 0 Å². The van der Waals surface area contributed by atoms with Gasteiger partial charge in [0.15, 0.2) is 0 Å². The van der Waals surface area contributed by atoms with Crippen LogP contribution in [0.1, 0.15) is 39.0 Å². The quantitative estimate of drug-likeness (QED) is 0.778. The Morgan fingerprint density at radius 2 is 2.00 bits per heavy atom. The van der Waals surface area contributed by atoms with Crippen molar-refractivity contribution in [1.29, 1.82) is 0 Å². The zero-order valence-electron chi connectivity index (χ0n) is 11.3. The molecule has 2 aliphatic carbocycles. The van der Waals surface area contributed by atoms with Gasteiger partial charge in [-0.05, 0) is 45.1 Å². The first-order valence-electron chi connectivity index (χ1n) is 6.94. The Labute approximate surface area is 112 Å². The Balaban J connectivity index is 1.86. The standard InChI is InChI=1S/C13H24N2O2S/c1-9-3-6-11(14-2)12(7-9)18(17)8-13(16)15-10-4-5-10/h9-12,14H,3-8H2,1-2H3,(H,15,16). The smallest absolute Gasteiger partial charge is 0.232 e. The summed E-state index contributed by atoms with van der Waals surface area (Å²) in [6, 6.07) is 0.663. The van der Waals surface area contributed by atoms with Crippen LogP contribution in [0.3, 0.4) is 0 Å².